The van der Waals surface area contributed by atoms with Gasteiger partial charge in [0.15, 0.2) is 0 Å². The third-order valence-electron chi connectivity index (χ3n) is 9.35. The maximum Gasteiger partial charge on any atom is 0.0991 e. The molecule has 0 bridgehead atoms. The molecule has 8 rings (SSSR count). The summed E-state index contributed by atoms with van der Waals surface area (Å²) in [5.74, 6) is 0. The predicted molar refractivity (Wildman–Crippen MR) is 210 cm³/mol. The van der Waals surface area contributed by atoms with E-state index in [4.69, 9.17) is 10.7 Å². The van der Waals surface area contributed by atoms with Crippen molar-refractivity contribution >= 4 is 44.2 Å². The summed E-state index contributed by atoms with van der Waals surface area (Å²) in [4.78, 5) is 5.04. The maximum atomic E-state index is 9.25. The number of fused-ring (bicyclic) bond motifs is 4. The molecular weight excluding hydrogens is 607 g/mol. The van der Waals surface area contributed by atoms with Gasteiger partial charge in [0.05, 0.1) is 23.4 Å². The van der Waals surface area contributed by atoms with Crippen molar-refractivity contribution < 1.29 is 0 Å². The first-order chi connectivity index (χ1) is 24.6. The van der Waals surface area contributed by atoms with Crippen LogP contribution in [-0.4, -0.2) is 6.21 Å². The third-order valence-corrected chi connectivity index (χ3v) is 9.35. The highest BCUT2D eigenvalue weighted by Crippen LogP contribution is 2.39. The van der Waals surface area contributed by atoms with Crippen LogP contribution in [0.3, 0.4) is 0 Å². The summed E-state index contributed by atoms with van der Waals surface area (Å²) in [6, 6.07) is 60.6. The van der Waals surface area contributed by atoms with Gasteiger partial charge in [-0.2, -0.15) is 5.26 Å². The Kier molecular flexibility index (Phi) is 8.29. The molecule has 236 valence electrons. The Morgan fingerprint density at radius 2 is 1.26 bits per heavy atom. The van der Waals surface area contributed by atoms with E-state index < -0.39 is 0 Å². The summed E-state index contributed by atoms with van der Waals surface area (Å²) < 4.78 is 0. The molecule has 0 heterocycles. The van der Waals surface area contributed by atoms with Gasteiger partial charge in [0, 0.05) is 11.8 Å². The molecule has 0 radical (unpaired) electrons. The first kappa shape index (κ1) is 30.7. The van der Waals surface area contributed by atoms with Gasteiger partial charge in [-0.3, -0.25) is 4.99 Å². The monoisotopic (exact) mass is 639 g/mol. The molecule has 0 aromatic heterocycles. The lowest BCUT2D eigenvalue weighted by molar-refractivity contribution is 0.911. The number of nitriles is 1. The van der Waals surface area contributed by atoms with E-state index in [1.54, 1.807) is 0 Å². The van der Waals surface area contributed by atoms with Crippen molar-refractivity contribution in [3.63, 3.8) is 0 Å². The van der Waals surface area contributed by atoms with Gasteiger partial charge in [-0.05, 0) is 96.0 Å². The topological polar surface area (TPSA) is 62.2 Å². The standard InChI is InChI=1S/C47H33N3/c48-30-32-17-21-34(22-18-32)38-13-8-14-40(27-38)46(29-45(49)36-10-2-1-3-11-36)50-31-33-19-23-37(24-20-33)47-42-16-7-5-12-39(42)28-44-41-15-6-4-9-35(41)25-26-43(44)47/h1-29,31,45H,49H2/b46-29-,50-31+. The molecule has 2 N–H and O–H groups in total. The van der Waals surface area contributed by atoms with Gasteiger partial charge in [0.25, 0.3) is 0 Å². The van der Waals surface area contributed by atoms with Gasteiger partial charge in [-0.1, -0.05) is 146 Å². The molecule has 3 nitrogen and oxygen atoms in total. The molecule has 0 aliphatic heterocycles. The van der Waals surface area contributed by atoms with E-state index in [1.807, 2.05) is 73.0 Å². The Hall–Kier alpha value is -6.60. The van der Waals surface area contributed by atoms with E-state index in [0.717, 1.165) is 39.1 Å². The molecule has 0 aliphatic carbocycles. The number of benzene rings is 8. The Bertz CT molecular complexity index is 2590. The minimum atomic E-state index is -0.333. The average molecular weight is 640 g/mol. The molecule has 8 aromatic rings. The van der Waals surface area contributed by atoms with Crippen LogP contribution in [0.1, 0.15) is 28.3 Å². The van der Waals surface area contributed by atoms with Gasteiger partial charge >= 0.3 is 0 Å². The Morgan fingerprint density at radius 1 is 0.560 bits per heavy atom. The highest BCUT2D eigenvalue weighted by atomic mass is 14.7. The maximum absolute atomic E-state index is 9.25. The van der Waals surface area contributed by atoms with Crippen molar-refractivity contribution in [1.29, 1.82) is 5.26 Å². The molecule has 8 aromatic carbocycles. The molecule has 0 saturated carbocycles. The molecule has 0 saturated heterocycles. The summed E-state index contributed by atoms with van der Waals surface area (Å²) in [5.41, 5.74) is 15.6. The zero-order chi connectivity index (χ0) is 33.9. The lowest BCUT2D eigenvalue weighted by Crippen LogP contribution is -2.07. The molecule has 1 unspecified atom stereocenters. The van der Waals surface area contributed by atoms with E-state index in [9.17, 15) is 5.26 Å². The number of aliphatic imine (C=N–C) groups is 1. The summed E-state index contributed by atoms with van der Waals surface area (Å²) in [6.07, 6.45) is 3.93. The summed E-state index contributed by atoms with van der Waals surface area (Å²) in [7, 11) is 0. The Morgan fingerprint density at radius 3 is 2.04 bits per heavy atom. The second-order valence-electron chi connectivity index (χ2n) is 12.5. The smallest absolute Gasteiger partial charge is 0.0991 e. The molecule has 50 heavy (non-hydrogen) atoms. The fraction of sp³-hybridized carbons (Fsp3) is 0.0213. The van der Waals surface area contributed by atoms with E-state index in [2.05, 4.69) is 115 Å². The summed E-state index contributed by atoms with van der Waals surface area (Å²) in [6.45, 7) is 0. The number of nitrogens with zero attached hydrogens (tertiary/aromatic N) is 2. The number of hydrogen-bond acceptors (Lipinski definition) is 3. The van der Waals surface area contributed by atoms with Crippen LogP contribution in [0.4, 0.5) is 0 Å². The van der Waals surface area contributed by atoms with Gasteiger partial charge in [-0.15, -0.1) is 0 Å². The number of rotatable bonds is 7. The van der Waals surface area contributed by atoms with Crippen molar-refractivity contribution in [2.45, 2.75) is 6.04 Å². The van der Waals surface area contributed by atoms with Crippen LogP contribution >= 0.6 is 0 Å². The molecule has 1 atom stereocenters. The normalized spacial score (nSPS) is 12.4. The minimum Gasteiger partial charge on any atom is -0.321 e. The lowest BCUT2D eigenvalue weighted by atomic mass is 9.89. The van der Waals surface area contributed by atoms with Gasteiger partial charge < -0.3 is 5.73 Å². The minimum absolute atomic E-state index is 0.333. The van der Waals surface area contributed by atoms with Gasteiger partial charge in [-0.25, -0.2) is 0 Å². The Labute approximate surface area is 291 Å². The summed E-state index contributed by atoms with van der Waals surface area (Å²) in [5, 5.41) is 16.7. The van der Waals surface area contributed by atoms with Crippen molar-refractivity contribution in [2.75, 3.05) is 0 Å². The third kappa shape index (κ3) is 6.08. The van der Waals surface area contributed by atoms with Crippen LogP contribution < -0.4 is 5.73 Å². The van der Waals surface area contributed by atoms with E-state index in [0.29, 0.717) is 5.56 Å². The zero-order valence-electron chi connectivity index (χ0n) is 27.4. The molecular formula is C47H33N3. The average Bonchev–Trinajstić information content (AvgIpc) is 3.19. The van der Waals surface area contributed by atoms with Crippen LogP contribution in [0.25, 0.3) is 60.3 Å². The second kappa shape index (κ2) is 13.5. The van der Waals surface area contributed by atoms with Crippen molar-refractivity contribution in [2.24, 2.45) is 10.7 Å². The zero-order valence-corrected chi connectivity index (χ0v) is 27.4. The highest BCUT2D eigenvalue weighted by Gasteiger charge is 2.13. The summed E-state index contributed by atoms with van der Waals surface area (Å²) >= 11 is 0. The van der Waals surface area contributed by atoms with E-state index in [1.165, 1.54) is 37.9 Å². The largest absolute Gasteiger partial charge is 0.321 e. The molecule has 0 amide bonds. The molecule has 0 aliphatic rings. The highest BCUT2D eigenvalue weighted by molar-refractivity contribution is 6.20. The Balaban J connectivity index is 1.18. The van der Waals surface area contributed by atoms with Crippen LogP contribution in [0.5, 0.6) is 0 Å². The molecule has 0 spiro atoms. The predicted octanol–water partition coefficient (Wildman–Crippen LogP) is 11.5. The quantitative estimate of drug-likeness (QED) is 0.107. The van der Waals surface area contributed by atoms with Crippen molar-refractivity contribution in [1.82, 2.24) is 0 Å². The van der Waals surface area contributed by atoms with Crippen LogP contribution in [0.2, 0.25) is 0 Å². The lowest BCUT2D eigenvalue weighted by Gasteiger charge is -2.14. The SMILES string of the molecule is N#Cc1ccc(-c2cccc(C(=C/C(N)c3ccccc3)/N=C/c3ccc(-c4c5ccccc5cc5c4ccc4ccccc45)cc3)c2)cc1. The molecule has 0 fully saturated rings. The van der Waals surface area contributed by atoms with Gasteiger partial charge in [0.1, 0.15) is 0 Å². The number of hydrogen-bond donors (Lipinski definition) is 1. The van der Waals surface area contributed by atoms with Crippen molar-refractivity contribution in [3.05, 3.63) is 198 Å². The second-order valence-corrected chi connectivity index (χ2v) is 12.5. The first-order valence-electron chi connectivity index (χ1n) is 16.8. The van der Waals surface area contributed by atoms with Crippen LogP contribution in [0, 0.1) is 11.3 Å². The van der Waals surface area contributed by atoms with Gasteiger partial charge in [0.2, 0.25) is 0 Å². The number of nitrogens with two attached hydrogens (primary N) is 1. The van der Waals surface area contributed by atoms with E-state index in [-0.39, 0.29) is 6.04 Å². The first-order valence-corrected chi connectivity index (χ1v) is 16.8. The van der Waals surface area contributed by atoms with Crippen LogP contribution in [0.15, 0.2) is 181 Å². The fourth-order valence-corrected chi connectivity index (χ4v) is 6.76. The fourth-order valence-electron chi connectivity index (χ4n) is 6.76. The molecule has 3 heteroatoms. The van der Waals surface area contributed by atoms with Crippen LogP contribution in [-0.2, 0) is 0 Å². The van der Waals surface area contributed by atoms with E-state index >= 15 is 0 Å². The van der Waals surface area contributed by atoms with Crippen molar-refractivity contribution in [3.8, 4) is 28.3 Å².